The maximum absolute atomic E-state index is 12.3. The Balaban J connectivity index is 1.53. The summed E-state index contributed by atoms with van der Waals surface area (Å²) >= 11 is 0. The first-order valence-corrected chi connectivity index (χ1v) is 10.0. The fourth-order valence-electron chi connectivity index (χ4n) is 2.94. The number of rotatable bonds is 8. The predicted molar refractivity (Wildman–Crippen MR) is 120 cm³/mol. The Kier molecular flexibility index (Phi) is 7.22. The molecule has 0 aliphatic rings. The molecule has 0 saturated heterocycles. The zero-order valence-electron chi connectivity index (χ0n) is 17.2. The number of carbonyl (C=O) groups is 2. The van der Waals surface area contributed by atoms with Crippen LogP contribution in [0.25, 0.3) is 0 Å². The first-order valence-electron chi connectivity index (χ1n) is 10.0. The topological polar surface area (TPSA) is 67.4 Å². The Morgan fingerprint density at radius 1 is 0.867 bits per heavy atom. The number of hydrogen-bond donors (Lipinski definition) is 2. The van der Waals surface area contributed by atoms with Gasteiger partial charge < -0.3 is 15.4 Å². The molecule has 1 unspecified atom stereocenters. The number of nitrogens with one attached hydrogen (secondary N) is 2. The highest BCUT2D eigenvalue weighted by atomic mass is 16.5. The van der Waals surface area contributed by atoms with Crippen molar-refractivity contribution < 1.29 is 14.3 Å². The quantitative estimate of drug-likeness (QED) is 0.525. The van der Waals surface area contributed by atoms with Crippen LogP contribution in [0.4, 0.5) is 11.4 Å². The normalized spacial score (nSPS) is 11.4. The van der Waals surface area contributed by atoms with Crippen molar-refractivity contribution in [1.29, 1.82) is 0 Å². The van der Waals surface area contributed by atoms with Crippen LogP contribution in [0.15, 0.2) is 78.9 Å². The average molecular weight is 402 g/mol. The molecule has 5 heteroatoms. The molecule has 2 N–H and O–H groups in total. The molecule has 3 aromatic carbocycles. The van der Waals surface area contributed by atoms with Gasteiger partial charge in [-0.25, -0.2) is 0 Å². The predicted octanol–water partition coefficient (Wildman–Crippen LogP) is 5.47. The molecule has 0 radical (unpaired) electrons. The van der Waals surface area contributed by atoms with Gasteiger partial charge in [-0.3, -0.25) is 9.59 Å². The number of carbonyl (C=O) groups excluding carboxylic acids is 2. The third-order valence-electron chi connectivity index (χ3n) is 4.87. The number of hydrogen-bond acceptors (Lipinski definition) is 3. The Morgan fingerprint density at radius 2 is 1.53 bits per heavy atom. The van der Waals surface area contributed by atoms with Crippen molar-refractivity contribution in [2.45, 2.75) is 26.2 Å². The van der Waals surface area contributed by atoms with Crippen LogP contribution in [0, 0.1) is 0 Å². The molecule has 0 aliphatic carbocycles. The van der Waals surface area contributed by atoms with Crippen LogP contribution in [0.2, 0.25) is 0 Å². The highest BCUT2D eigenvalue weighted by Gasteiger charge is 2.08. The summed E-state index contributed by atoms with van der Waals surface area (Å²) < 4.78 is 5.58. The third-order valence-corrected chi connectivity index (χ3v) is 4.87. The summed E-state index contributed by atoms with van der Waals surface area (Å²) in [4.78, 5) is 24.5. The van der Waals surface area contributed by atoms with Gasteiger partial charge in [0, 0.05) is 16.9 Å². The molecule has 1 atom stereocenters. The monoisotopic (exact) mass is 402 g/mol. The molecular formula is C25H26N2O3. The minimum absolute atomic E-state index is 0.0940. The fourth-order valence-corrected chi connectivity index (χ4v) is 2.94. The van der Waals surface area contributed by atoms with Crippen LogP contribution in [-0.2, 0) is 4.79 Å². The molecule has 0 spiro atoms. The van der Waals surface area contributed by atoms with Crippen molar-refractivity contribution in [3.63, 3.8) is 0 Å². The molecule has 0 aromatic heterocycles. The SMILES string of the molecule is CCC(C)c1ccc(OCC(=O)Nc2cccc(NC(=O)c3ccccc3)c2)cc1. The molecule has 2 amide bonds. The minimum atomic E-state index is -0.271. The number of ether oxygens (including phenoxy) is 1. The smallest absolute Gasteiger partial charge is 0.262 e. The van der Waals surface area contributed by atoms with E-state index in [0.717, 1.165) is 6.42 Å². The summed E-state index contributed by atoms with van der Waals surface area (Å²) in [7, 11) is 0. The summed E-state index contributed by atoms with van der Waals surface area (Å²) in [5.74, 6) is 0.675. The second-order valence-electron chi connectivity index (χ2n) is 7.12. The molecule has 0 fully saturated rings. The Hall–Kier alpha value is -3.60. The highest BCUT2D eigenvalue weighted by molar-refractivity contribution is 6.04. The number of benzene rings is 3. The van der Waals surface area contributed by atoms with Gasteiger partial charge in [-0.1, -0.05) is 50.2 Å². The van der Waals surface area contributed by atoms with Crippen LogP contribution in [0.1, 0.15) is 42.1 Å². The van der Waals surface area contributed by atoms with Gasteiger partial charge in [-0.05, 0) is 60.4 Å². The van der Waals surface area contributed by atoms with Gasteiger partial charge in [0.15, 0.2) is 6.61 Å². The molecule has 0 heterocycles. The Labute approximate surface area is 177 Å². The molecule has 0 bridgehead atoms. The summed E-state index contributed by atoms with van der Waals surface area (Å²) in [6.07, 6.45) is 1.08. The van der Waals surface area contributed by atoms with Gasteiger partial charge in [-0.15, -0.1) is 0 Å². The Bertz CT molecular complexity index is 985. The van der Waals surface area contributed by atoms with Crippen molar-refractivity contribution in [2.24, 2.45) is 0 Å². The van der Waals surface area contributed by atoms with Crippen molar-refractivity contribution in [3.05, 3.63) is 90.0 Å². The lowest BCUT2D eigenvalue weighted by molar-refractivity contribution is -0.118. The second kappa shape index (κ2) is 10.3. The van der Waals surface area contributed by atoms with E-state index in [-0.39, 0.29) is 18.4 Å². The van der Waals surface area contributed by atoms with Crippen molar-refractivity contribution in [1.82, 2.24) is 0 Å². The van der Waals surface area contributed by atoms with E-state index in [2.05, 4.69) is 24.5 Å². The summed E-state index contributed by atoms with van der Waals surface area (Å²) in [6, 6.07) is 23.8. The van der Waals surface area contributed by atoms with E-state index in [9.17, 15) is 9.59 Å². The van der Waals surface area contributed by atoms with Crippen LogP contribution in [0.3, 0.4) is 0 Å². The highest BCUT2D eigenvalue weighted by Crippen LogP contribution is 2.21. The first-order chi connectivity index (χ1) is 14.5. The molecule has 30 heavy (non-hydrogen) atoms. The summed E-state index contributed by atoms with van der Waals surface area (Å²) in [5.41, 5.74) is 3.01. The summed E-state index contributed by atoms with van der Waals surface area (Å²) in [6.45, 7) is 4.24. The summed E-state index contributed by atoms with van der Waals surface area (Å²) in [5, 5.41) is 5.62. The molecular weight excluding hydrogens is 376 g/mol. The van der Waals surface area contributed by atoms with Crippen LogP contribution in [-0.4, -0.2) is 18.4 Å². The fraction of sp³-hybridized carbons (Fsp3) is 0.200. The lowest BCUT2D eigenvalue weighted by Crippen LogP contribution is -2.20. The largest absolute Gasteiger partial charge is 0.484 e. The van der Waals surface area contributed by atoms with Crippen molar-refractivity contribution >= 4 is 23.2 Å². The second-order valence-corrected chi connectivity index (χ2v) is 7.12. The van der Waals surface area contributed by atoms with Gasteiger partial charge >= 0.3 is 0 Å². The minimum Gasteiger partial charge on any atom is -0.484 e. The van der Waals surface area contributed by atoms with Crippen LogP contribution in [0.5, 0.6) is 5.75 Å². The van der Waals surface area contributed by atoms with Gasteiger partial charge in [0.1, 0.15) is 5.75 Å². The van der Waals surface area contributed by atoms with E-state index in [1.807, 2.05) is 42.5 Å². The third kappa shape index (κ3) is 5.95. The van der Waals surface area contributed by atoms with Gasteiger partial charge in [-0.2, -0.15) is 0 Å². The molecule has 3 aromatic rings. The zero-order valence-corrected chi connectivity index (χ0v) is 17.2. The van der Waals surface area contributed by atoms with Gasteiger partial charge in [0.25, 0.3) is 11.8 Å². The molecule has 0 saturated carbocycles. The maximum Gasteiger partial charge on any atom is 0.262 e. The lowest BCUT2D eigenvalue weighted by Gasteiger charge is -2.11. The average Bonchev–Trinajstić information content (AvgIpc) is 2.78. The van der Waals surface area contributed by atoms with Crippen LogP contribution >= 0.6 is 0 Å². The van der Waals surface area contributed by atoms with Gasteiger partial charge in [0.05, 0.1) is 0 Å². The van der Waals surface area contributed by atoms with E-state index in [0.29, 0.717) is 28.6 Å². The standard InChI is InChI=1S/C25H26N2O3/c1-3-18(2)19-12-14-23(15-13-19)30-17-24(28)26-21-10-7-11-22(16-21)27-25(29)20-8-5-4-6-9-20/h4-16,18H,3,17H2,1-2H3,(H,26,28)(H,27,29). The molecule has 3 rings (SSSR count). The first kappa shape index (κ1) is 21.1. The maximum atomic E-state index is 12.3. The van der Waals surface area contributed by atoms with E-state index in [4.69, 9.17) is 4.74 Å². The van der Waals surface area contributed by atoms with E-state index < -0.39 is 0 Å². The molecule has 5 nitrogen and oxygen atoms in total. The van der Waals surface area contributed by atoms with Crippen molar-refractivity contribution in [2.75, 3.05) is 17.2 Å². The molecule has 0 aliphatic heterocycles. The van der Waals surface area contributed by atoms with Crippen molar-refractivity contribution in [3.8, 4) is 5.75 Å². The van der Waals surface area contributed by atoms with E-state index in [1.54, 1.807) is 36.4 Å². The lowest BCUT2D eigenvalue weighted by atomic mass is 9.99. The van der Waals surface area contributed by atoms with Crippen LogP contribution < -0.4 is 15.4 Å². The van der Waals surface area contributed by atoms with Gasteiger partial charge in [0.2, 0.25) is 0 Å². The Morgan fingerprint density at radius 3 is 2.20 bits per heavy atom. The number of amides is 2. The zero-order chi connectivity index (χ0) is 21.3. The number of anilines is 2. The van der Waals surface area contributed by atoms with E-state index in [1.165, 1.54) is 5.56 Å². The molecule has 154 valence electrons. The van der Waals surface area contributed by atoms with E-state index >= 15 is 0 Å².